The first-order chi connectivity index (χ1) is 11.4. The second-order valence-electron chi connectivity index (χ2n) is 5.76. The van der Waals surface area contributed by atoms with Crippen molar-refractivity contribution < 1.29 is 4.74 Å². The molecule has 2 aromatic carbocycles. The van der Waals surface area contributed by atoms with Gasteiger partial charge >= 0.3 is 0 Å². The number of allylic oxidation sites excluding steroid dienone is 3. The van der Waals surface area contributed by atoms with Crippen LogP contribution in [-0.2, 0) is 16.7 Å². The van der Waals surface area contributed by atoms with Gasteiger partial charge in [-0.25, -0.2) is 0 Å². The van der Waals surface area contributed by atoms with E-state index in [4.69, 9.17) is 4.74 Å². The maximum atomic E-state index is 6.31. The molecule has 3 rings (SSSR count). The Labute approximate surface area is 146 Å². The average Bonchev–Trinajstić information content (AvgIpc) is 2.64. The SMILES string of the molecule is BrCc1ccc(COC(C2=CC=CCC2)c2ccccc2)cc1. The zero-order valence-electron chi connectivity index (χ0n) is 13.1. The Hall–Kier alpha value is -1.64. The van der Waals surface area contributed by atoms with E-state index in [1.165, 1.54) is 22.3 Å². The van der Waals surface area contributed by atoms with E-state index in [-0.39, 0.29) is 6.10 Å². The molecule has 0 fully saturated rings. The normalized spacial score (nSPS) is 15.3. The summed E-state index contributed by atoms with van der Waals surface area (Å²) in [6.07, 6.45) is 8.76. The van der Waals surface area contributed by atoms with Gasteiger partial charge in [-0.05, 0) is 35.1 Å². The quantitative estimate of drug-likeness (QED) is 0.558. The molecule has 0 N–H and O–H groups in total. The fourth-order valence-electron chi connectivity index (χ4n) is 2.79. The van der Waals surface area contributed by atoms with Gasteiger partial charge < -0.3 is 4.74 Å². The van der Waals surface area contributed by atoms with Crippen molar-refractivity contribution in [2.75, 3.05) is 0 Å². The number of hydrogen-bond acceptors (Lipinski definition) is 1. The number of benzene rings is 2. The summed E-state index contributed by atoms with van der Waals surface area (Å²) in [6, 6.07) is 19.1. The minimum absolute atomic E-state index is 0.0389. The monoisotopic (exact) mass is 368 g/mol. The van der Waals surface area contributed by atoms with Gasteiger partial charge in [0, 0.05) is 5.33 Å². The Morgan fingerprint density at radius 3 is 2.35 bits per heavy atom. The summed E-state index contributed by atoms with van der Waals surface area (Å²) in [5, 5.41) is 0.889. The summed E-state index contributed by atoms with van der Waals surface area (Å²) < 4.78 is 6.31. The van der Waals surface area contributed by atoms with E-state index in [0.717, 1.165) is 18.2 Å². The van der Waals surface area contributed by atoms with Crippen LogP contribution in [0, 0.1) is 0 Å². The predicted octanol–water partition coefficient (Wildman–Crippen LogP) is 6.12. The summed E-state index contributed by atoms with van der Waals surface area (Å²) in [4.78, 5) is 0. The van der Waals surface area contributed by atoms with Gasteiger partial charge in [-0.2, -0.15) is 0 Å². The van der Waals surface area contributed by atoms with Crippen molar-refractivity contribution in [1.82, 2.24) is 0 Å². The first kappa shape index (κ1) is 16.2. The van der Waals surface area contributed by atoms with E-state index in [1.807, 2.05) is 0 Å². The fraction of sp³-hybridized carbons (Fsp3) is 0.238. The molecular formula is C21H21BrO. The van der Waals surface area contributed by atoms with Crippen LogP contribution in [-0.4, -0.2) is 0 Å². The Bertz CT molecular complexity index is 671. The van der Waals surface area contributed by atoms with Crippen LogP contribution in [0.1, 0.15) is 35.6 Å². The van der Waals surface area contributed by atoms with Crippen LogP contribution in [0.5, 0.6) is 0 Å². The number of hydrogen-bond donors (Lipinski definition) is 0. The Morgan fingerprint density at radius 2 is 1.70 bits per heavy atom. The molecule has 0 amide bonds. The average molecular weight is 369 g/mol. The molecule has 0 aromatic heterocycles. The topological polar surface area (TPSA) is 9.23 Å². The Kier molecular flexibility index (Phi) is 5.84. The number of alkyl halides is 1. The Balaban J connectivity index is 1.75. The fourth-order valence-corrected chi connectivity index (χ4v) is 3.16. The first-order valence-corrected chi connectivity index (χ1v) is 9.15. The van der Waals surface area contributed by atoms with Gasteiger partial charge in [-0.3, -0.25) is 0 Å². The molecular weight excluding hydrogens is 348 g/mol. The summed E-state index contributed by atoms with van der Waals surface area (Å²) in [6.45, 7) is 0.628. The zero-order chi connectivity index (χ0) is 15.9. The minimum atomic E-state index is 0.0389. The molecule has 0 spiro atoms. The van der Waals surface area contributed by atoms with E-state index in [1.54, 1.807) is 0 Å². The molecule has 1 unspecified atom stereocenters. The summed E-state index contributed by atoms with van der Waals surface area (Å²) in [7, 11) is 0. The van der Waals surface area contributed by atoms with E-state index in [9.17, 15) is 0 Å². The highest BCUT2D eigenvalue weighted by atomic mass is 79.9. The Morgan fingerprint density at radius 1 is 0.957 bits per heavy atom. The molecule has 2 aromatic rings. The molecule has 1 aliphatic rings. The van der Waals surface area contributed by atoms with Crippen molar-refractivity contribution in [2.45, 2.75) is 30.9 Å². The largest absolute Gasteiger partial charge is 0.364 e. The van der Waals surface area contributed by atoms with Crippen LogP contribution in [0.2, 0.25) is 0 Å². The van der Waals surface area contributed by atoms with Crippen molar-refractivity contribution in [1.29, 1.82) is 0 Å². The third kappa shape index (κ3) is 4.43. The molecule has 118 valence electrons. The summed E-state index contributed by atoms with van der Waals surface area (Å²) in [5.74, 6) is 0. The van der Waals surface area contributed by atoms with Gasteiger partial charge in [0.2, 0.25) is 0 Å². The molecule has 0 saturated heterocycles. The van der Waals surface area contributed by atoms with Crippen LogP contribution < -0.4 is 0 Å². The van der Waals surface area contributed by atoms with Gasteiger partial charge in [0.05, 0.1) is 6.61 Å². The lowest BCUT2D eigenvalue weighted by molar-refractivity contribution is 0.0617. The van der Waals surface area contributed by atoms with Crippen LogP contribution >= 0.6 is 15.9 Å². The second-order valence-corrected chi connectivity index (χ2v) is 6.32. The van der Waals surface area contributed by atoms with E-state index in [0.29, 0.717) is 6.61 Å². The van der Waals surface area contributed by atoms with E-state index < -0.39 is 0 Å². The van der Waals surface area contributed by atoms with Gasteiger partial charge in [0.15, 0.2) is 0 Å². The number of rotatable bonds is 6. The highest BCUT2D eigenvalue weighted by Crippen LogP contribution is 2.31. The molecule has 0 saturated carbocycles. The molecule has 2 heteroatoms. The third-order valence-corrected chi connectivity index (χ3v) is 4.73. The molecule has 0 aliphatic heterocycles. The molecule has 0 radical (unpaired) electrons. The van der Waals surface area contributed by atoms with Crippen molar-refractivity contribution in [2.24, 2.45) is 0 Å². The molecule has 0 bridgehead atoms. The lowest BCUT2D eigenvalue weighted by Crippen LogP contribution is -2.09. The lowest BCUT2D eigenvalue weighted by atomic mass is 9.94. The van der Waals surface area contributed by atoms with Gasteiger partial charge in [-0.1, -0.05) is 88.8 Å². The molecule has 1 nitrogen and oxygen atoms in total. The van der Waals surface area contributed by atoms with Crippen LogP contribution in [0.15, 0.2) is 78.4 Å². The highest BCUT2D eigenvalue weighted by Gasteiger charge is 2.17. The van der Waals surface area contributed by atoms with Crippen LogP contribution in [0.25, 0.3) is 0 Å². The lowest BCUT2D eigenvalue weighted by Gasteiger charge is -2.23. The highest BCUT2D eigenvalue weighted by molar-refractivity contribution is 9.08. The summed E-state index contributed by atoms with van der Waals surface area (Å²) >= 11 is 3.48. The van der Waals surface area contributed by atoms with E-state index in [2.05, 4.69) is 88.8 Å². The van der Waals surface area contributed by atoms with Gasteiger partial charge in [0.25, 0.3) is 0 Å². The minimum Gasteiger partial charge on any atom is -0.364 e. The summed E-state index contributed by atoms with van der Waals surface area (Å²) in [5.41, 5.74) is 5.08. The van der Waals surface area contributed by atoms with Crippen molar-refractivity contribution in [3.63, 3.8) is 0 Å². The second kappa shape index (κ2) is 8.28. The van der Waals surface area contributed by atoms with Gasteiger partial charge in [0.1, 0.15) is 6.10 Å². The van der Waals surface area contributed by atoms with Crippen molar-refractivity contribution >= 4 is 15.9 Å². The predicted molar refractivity (Wildman–Crippen MR) is 99.5 cm³/mol. The molecule has 0 heterocycles. The zero-order valence-corrected chi connectivity index (χ0v) is 14.7. The maximum absolute atomic E-state index is 6.31. The molecule has 23 heavy (non-hydrogen) atoms. The number of halogens is 1. The smallest absolute Gasteiger partial charge is 0.104 e. The van der Waals surface area contributed by atoms with Crippen molar-refractivity contribution in [3.05, 3.63) is 95.1 Å². The van der Waals surface area contributed by atoms with E-state index >= 15 is 0 Å². The standard InChI is InChI=1S/C21H21BrO/c22-15-17-11-13-18(14-12-17)16-23-21(19-7-3-1-4-8-19)20-9-5-2-6-10-20/h1-5,7-9,11-14,21H,6,10,15-16H2. The number of ether oxygens (including phenoxy) is 1. The first-order valence-electron chi connectivity index (χ1n) is 8.03. The molecule has 1 atom stereocenters. The molecule has 1 aliphatic carbocycles. The maximum Gasteiger partial charge on any atom is 0.104 e. The van der Waals surface area contributed by atoms with Crippen molar-refractivity contribution in [3.8, 4) is 0 Å². The van der Waals surface area contributed by atoms with Crippen LogP contribution in [0.3, 0.4) is 0 Å². The van der Waals surface area contributed by atoms with Gasteiger partial charge in [-0.15, -0.1) is 0 Å². The third-order valence-electron chi connectivity index (χ3n) is 4.08. The van der Waals surface area contributed by atoms with Crippen LogP contribution in [0.4, 0.5) is 0 Å².